The van der Waals surface area contributed by atoms with Crippen molar-refractivity contribution >= 4 is 22.9 Å². The third kappa shape index (κ3) is 2.57. The molecule has 1 saturated heterocycles. The summed E-state index contributed by atoms with van der Waals surface area (Å²) < 4.78 is 3.30. The van der Waals surface area contributed by atoms with E-state index in [1.165, 1.54) is 10.7 Å². The van der Waals surface area contributed by atoms with Crippen LogP contribution in [-0.2, 0) is 0 Å². The molecule has 10 nitrogen and oxygen atoms in total. The lowest BCUT2D eigenvalue weighted by Gasteiger charge is -2.32. The summed E-state index contributed by atoms with van der Waals surface area (Å²) in [4.78, 5) is 16.9. The van der Waals surface area contributed by atoms with Gasteiger partial charge in [0, 0.05) is 31.3 Å². The second kappa shape index (κ2) is 6.01. The zero-order valence-corrected chi connectivity index (χ0v) is 14.3. The van der Waals surface area contributed by atoms with Crippen LogP contribution in [-0.4, -0.2) is 47.2 Å². The van der Waals surface area contributed by atoms with Crippen LogP contribution in [0.2, 0.25) is 0 Å². The summed E-state index contributed by atoms with van der Waals surface area (Å²) in [7, 11) is 0. The number of pyridine rings is 1. The van der Waals surface area contributed by atoms with Gasteiger partial charge in [-0.3, -0.25) is 4.40 Å². The number of aromatic nitrogens is 6. The Morgan fingerprint density at radius 2 is 2.07 bits per heavy atom. The van der Waals surface area contributed by atoms with E-state index < -0.39 is 4.92 Å². The average molecular weight is 364 g/mol. The van der Waals surface area contributed by atoms with Crippen molar-refractivity contribution in [1.29, 1.82) is 0 Å². The molecule has 1 fully saturated rings. The molecule has 0 saturated carbocycles. The molecule has 136 valence electrons. The number of nitrogens with zero attached hydrogens (tertiary/aromatic N) is 8. The van der Waals surface area contributed by atoms with Crippen molar-refractivity contribution in [3.8, 4) is 0 Å². The van der Waals surface area contributed by atoms with Gasteiger partial charge < -0.3 is 15.0 Å². The molecule has 0 N–H and O–H groups in total. The second-order valence-electron chi connectivity index (χ2n) is 6.61. The highest BCUT2D eigenvalue weighted by Crippen LogP contribution is 2.29. The molecule has 0 aromatic carbocycles. The van der Waals surface area contributed by atoms with E-state index in [1.807, 2.05) is 34.9 Å². The maximum absolute atomic E-state index is 11.2. The van der Waals surface area contributed by atoms with Gasteiger partial charge in [0.1, 0.15) is 12.0 Å². The van der Waals surface area contributed by atoms with Gasteiger partial charge in [-0.05, 0) is 36.0 Å². The maximum atomic E-state index is 11.2. The summed E-state index contributed by atoms with van der Waals surface area (Å²) in [5.41, 5.74) is 1.29. The highest BCUT2D eigenvalue weighted by Gasteiger charge is 2.27. The summed E-state index contributed by atoms with van der Waals surface area (Å²) in [6, 6.07) is 9.46. The number of rotatable bonds is 3. The predicted octanol–water partition coefficient (Wildman–Crippen LogP) is 2.06. The van der Waals surface area contributed by atoms with Crippen LogP contribution in [0.4, 0.5) is 11.6 Å². The molecule has 4 aromatic rings. The normalized spacial score (nSPS) is 17.6. The Hall–Kier alpha value is -3.56. The minimum Gasteiger partial charge on any atom is -0.358 e. The van der Waals surface area contributed by atoms with Gasteiger partial charge in [0.05, 0.1) is 0 Å². The van der Waals surface area contributed by atoms with Crippen molar-refractivity contribution in [3.63, 3.8) is 0 Å². The van der Waals surface area contributed by atoms with Crippen LogP contribution < -0.4 is 4.90 Å². The van der Waals surface area contributed by atoms with Crippen molar-refractivity contribution in [2.75, 3.05) is 18.0 Å². The molecular weight excluding hydrogens is 348 g/mol. The molecule has 0 radical (unpaired) electrons. The lowest BCUT2D eigenvalue weighted by molar-refractivity contribution is -0.391. The van der Waals surface area contributed by atoms with Gasteiger partial charge in [0.25, 0.3) is 0 Å². The fourth-order valence-corrected chi connectivity index (χ4v) is 3.68. The van der Waals surface area contributed by atoms with Crippen molar-refractivity contribution in [3.05, 3.63) is 58.7 Å². The standard InChI is InChI=1S/C17H16N8O2/c26-25(27)16-10-18-13-6-7-15(21-24(13)16)22-8-3-4-12(11-22)17-20-19-14-5-1-2-9-23(14)17/h1-2,5-7,9-10,12H,3-4,8,11H2. The average Bonchev–Trinajstić information content (AvgIpc) is 3.32. The Morgan fingerprint density at radius 1 is 1.15 bits per heavy atom. The summed E-state index contributed by atoms with van der Waals surface area (Å²) in [5.74, 6) is 1.71. The van der Waals surface area contributed by atoms with E-state index in [2.05, 4.69) is 25.2 Å². The number of hydrogen-bond donors (Lipinski definition) is 0. The molecule has 5 rings (SSSR count). The van der Waals surface area contributed by atoms with E-state index in [-0.39, 0.29) is 11.7 Å². The third-order valence-electron chi connectivity index (χ3n) is 4.97. The maximum Gasteiger partial charge on any atom is 0.368 e. The van der Waals surface area contributed by atoms with E-state index in [4.69, 9.17) is 0 Å². The largest absolute Gasteiger partial charge is 0.368 e. The lowest BCUT2D eigenvalue weighted by Crippen LogP contribution is -2.35. The van der Waals surface area contributed by atoms with E-state index in [0.717, 1.165) is 37.4 Å². The fraction of sp³-hybridized carbons (Fsp3) is 0.294. The van der Waals surface area contributed by atoms with Crippen molar-refractivity contribution in [2.24, 2.45) is 0 Å². The Balaban J connectivity index is 1.48. The molecule has 1 aliphatic rings. The third-order valence-corrected chi connectivity index (χ3v) is 4.97. The Morgan fingerprint density at radius 3 is 2.96 bits per heavy atom. The quantitative estimate of drug-likeness (QED) is 0.404. The first kappa shape index (κ1) is 15.7. The number of hydrogen-bond acceptors (Lipinski definition) is 7. The first-order valence-corrected chi connectivity index (χ1v) is 8.74. The predicted molar refractivity (Wildman–Crippen MR) is 96.8 cm³/mol. The summed E-state index contributed by atoms with van der Waals surface area (Å²) in [6.07, 6.45) is 5.20. The fourth-order valence-electron chi connectivity index (χ4n) is 3.68. The summed E-state index contributed by atoms with van der Waals surface area (Å²) in [5, 5.41) is 24.3. The highest BCUT2D eigenvalue weighted by atomic mass is 16.6. The molecule has 0 aliphatic carbocycles. The zero-order chi connectivity index (χ0) is 18.4. The van der Waals surface area contributed by atoms with E-state index in [9.17, 15) is 10.1 Å². The molecule has 4 aromatic heterocycles. The molecule has 0 spiro atoms. The van der Waals surface area contributed by atoms with Crippen LogP contribution in [0.5, 0.6) is 0 Å². The van der Waals surface area contributed by atoms with E-state index >= 15 is 0 Å². The van der Waals surface area contributed by atoms with Crippen LogP contribution in [0.1, 0.15) is 24.6 Å². The van der Waals surface area contributed by atoms with Crippen molar-refractivity contribution < 1.29 is 4.92 Å². The Labute approximate surface area is 153 Å². The Bertz CT molecular complexity index is 1150. The minimum atomic E-state index is -0.474. The molecule has 1 atom stereocenters. The minimum absolute atomic E-state index is 0.135. The first-order chi connectivity index (χ1) is 13.2. The number of fused-ring (bicyclic) bond motifs is 2. The molecule has 1 unspecified atom stereocenters. The van der Waals surface area contributed by atoms with Gasteiger partial charge in [0.2, 0.25) is 5.65 Å². The molecule has 0 amide bonds. The second-order valence-corrected chi connectivity index (χ2v) is 6.61. The topological polar surface area (TPSA) is 107 Å². The van der Waals surface area contributed by atoms with Crippen LogP contribution in [0.25, 0.3) is 11.3 Å². The number of anilines is 1. The monoisotopic (exact) mass is 364 g/mol. The molecule has 27 heavy (non-hydrogen) atoms. The SMILES string of the molecule is O=[N+]([O-])c1cnc2ccc(N3CCCC(c4nnc5ccccn45)C3)nn12. The van der Waals surface area contributed by atoms with E-state index in [1.54, 1.807) is 6.07 Å². The molecule has 0 bridgehead atoms. The van der Waals surface area contributed by atoms with Crippen LogP contribution in [0, 0.1) is 10.1 Å². The van der Waals surface area contributed by atoms with Gasteiger partial charge in [-0.15, -0.1) is 10.2 Å². The van der Waals surface area contributed by atoms with Gasteiger partial charge in [-0.1, -0.05) is 15.7 Å². The van der Waals surface area contributed by atoms with Crippen LogP contribution in [0.15, 0.2) is 42.7 Å². The Kier molecular flexibility index (Phi) is 3.49. The van der Waals surface area contributed by atoms with Crippen molar-refractivity contribution in [1.82, 2.24) is 29.2 Å². The number of imidazole rings is 1. The molecular formula is C17H16N8O2. The van der Waals surface area contributed by atoms with Gasteiger partial charge in [-0.25, -0.2) is 4.98 Å². The zero-order valence-electron chi connectivity index (χ0n) is 14.3. The van der Waals surface area contributed by atoms with Crippen molar-refractivity contribution in [2.45, 2.75) is 18.8 Å². The van der Waals surface area contributed by atoms with Gasteiger partial charge >= 0.3 is 5.82 Å². The van der Waals surface area contributed by atoms with Gasteiger partial charge in [-0.2, -0.15) is 0 Å². The highest BCUT2D eigenvalue weighted by molar-refractivity contribution is 5.50. The molecule has 5 heterocycles. The molecule has 1 aliphatic heterocycles. The first-order valence-electron chi connectivity index (χ1n) is 8.74. The summed E-state index contributed by atoms with van der Waals surface area (Å²) >= 11 is 0. The van der Waals surface area contributed by atoms with Crippen LogP contribution in [0.3, 0.4) is 0 Å². The molecule has 10 heteroatoms. The lowest BCUT2D eigenvalue weighted by atomic mass is 9.97. The smallest absolute Gasteiger partial charge is 0.358 e. The van der Waals surface area contributed by atoms with Gasteiger partial charge in [0.15, 0.2) is 11.5 Å². The van der Waals surface area contributed by atoms with E-state index in [0.29, 0.717) is 11.5 Å². The van der Waals surface area contributed by atoms with Crippen LogP contribution >= 0.6 is 0 Å². The number of nitro groups is 1. The number of piperidine rings is 1. The summed E-state index contributed by atoms with van der Waals surface area (Å²) in [6.45, 7) is 1.57.